The van der Waals surface area contributed by atoms with Gasteiger partial charge in [0.1, 0.15) is 0 Å². The first-order valence-electron chi connectivity index (χ1n) is 20.0. The van der Waals surface area contributed by atoms with Gasteiger partial charge in [-0.05, 0) is 108 Å². The average Bonchev–Trinajstić information content (AvgIpc) is 3.57. The van der Waals surface area contributed by atoms with Gasteiger partial charge in [-0.1, -0.05) is 190 Å². The molecular formula is C56H41N. The number of nitrogens with zero attached hydrogens (tertiary/aromatic N) is 1. The molecule has 0 bridgehead atoms. The molecule has 1 nitrogen and oxygen atoms in total. The van der Waals surface area contributed by atoms with Gasteiger partial charge in [0, 0.05) is 22.4 Å². The smallest absolute Gasteiger partial charge is 0.0719 e. The van der Waals surface area contributed by atoms with Crippen molar-refractivity contribution in [3.8, 4) is 33.4 Å². The van der Waals surface area contributed by atoms with Crippen molar-refractivity contribution in [1.29, 1.82) is 0 Å². The van der Waals surface area contributed by atoms with E-state index in [1.807, 2.05) is 0 Å². The normalized spacial score (nSPS) is 14.1. The lowest BCUT2D eigenvalue weighted by Crippen LogP contribution is -2.40. The molecule has 1 spiro atoms. The van der Waals surface area contributed by atoms with Crippen molar-refractivity contribution in [2.75, 3.05) is 4.90 Å². The quantitative estimate of drug-likeness (QED) is 0.171. The Morgan fingerprint density at radius 2 is 0.842 bits per heavy atom. The Balaban J connectivity index is 1.13. The van der Waals surface area contributed by atoms with Crippen LogP contribution in [0.15, 0.2) is 212 Å². The van der Waals surface area contributed by atoms with Crippen molar-refractivity contribution in [2.45, 2.75) is 24.7 Å². The fourth-order valence-electron chi connectivity index (χ4n) is 10.1. The summed E-state index contributed by atoms with van der Waals surface area (Å²) in [6.07, 6.45) is 0. The van der Waals surface area contributed by atoms with Crippen LogP contribution in [0.25, 0.3) is 44.2 Å². The van der Waals surface area contributed by atoms with Gasteiger partial charge in [0.15, 0.2) is 0 Å². The van der Waals surface area contributed by atoms with Gasteiger partial charge in [0.05, 0.1) is 11.1 Å². The van der Waals surface area contributed by atoms with Gasteiger partial charge in [0.25, 0.3) is 0 Å². The summed E-state index contributed by atoms with van der Waals surface area (Å²) in [7, 11) is 0. The Morgan fingerprint density at radius 3 is 1.56 bits per heavy atom. The summed E-state index contributed by atoms with van der Waals surface area (Å²) in [5, 5.41) is 2.51. The molecule has 0 aromatic heterocycles. The summed E-state index contributed by atoms with van der Waals surface area (Å²) in [4.78, 5) is 2.45. The maximum atomic E-state index is 2.45. The van der Waals surface area contributed by atoms with Crippen LogP contribution in [-0.2, 0) is 10.8 Å². The Labute approximate surface area is 335 Å². The molecule has 57 heavy (non-hydrogen) atoms. The summed E-state index contributed by atoms with van der Waals surface area (Å²) in [6, 6.07) is 78.7. The zero-order valence-electron chi connectivity index (χ0n) is 32.2. The summed E-state index contributed by atoms with van der Waals surface area (Å²) < 4.78 is 0. The Morgan fingerprint density at radius 1 is 0.316 bits per heavy atom. The molecular weight excluding hydrogens is 687 g/mol. The second-order valence-corrected chi connectivity index (χ2v) is 16.1. The number of hydrogen-bond acceptors (Lipinski definition) is 1. The molecule has 0 radical (unpaired) electrons. The molecule has 9 aromatic rings. The highest BCUT2D eigenvalue weighted by atomic mass is 15.1. The van der Waals surface area contributed by atoms with Crippen molar-refractivity contribution >= 4 is 27.8 Å². The van der Waals surface area contributed by atoms with Crippen LogP contribution in [0.2, 0.25) is 0 Å². The van der Waals surface area contributed by atoms with E-state index in [2.05, 4.69) is 231 Å². The van der Waals surface area contributed by atoms with E-state index in [-0.39, 0.29) is 5.41 Å². The first-order valence-corrected chi connectivity index (χ1v) is 20.0. The molecule has 2 aliphatic rings. The van der Waals surface area contributed by atoms with Crippen LogP contribution in [0.5, 0.6) is 0 Å². The van der Waals surface area contributed by atoms with Gasteiger partial charge in [0.2, 0.25) is 0 Å². The van der Waals surface area contributed by atoms with Crippen LogP contribution in [0, 0.1) is 0 Å². The zero-order valence-corrected chi connectivity index (χ0v) is 32.2. The molecule has 0 amide bonds. The van der Waals surface area contributed by atoms with Gasteiger partial charge < -0.3 is 4.90 Å². The monoisotopic (exact) mass is 727 g/mol. The largest absolute Gasteiger partial charge is 0.310 e. The molecule has 0 unspecified atom stereocenters. The third-order valence-electron chi connectivity index (χ3n) is 12.7. The SMILES string of the molecule is CC1(C)c2ccccc2C2(c3ccccc3-c3cc(N(c4ccc(-c5ccc6ccccc6c5)cc4)c4ccccc4-c4ccccc4)ccc32)c2ccccc21. The first kappa shape index (κ1) is 33.4. The second-order valence-electron chi connectivity index (χ2n) is 16.1. The third-order valence-corrected chi connectivity index (χ3v) is 12.7. The van der Waals surface area contributed by atoms with E-state index >= 15 is 0 Å². The van der Waals surface area contributed by atoms with Crippen LogP contribution in [0.3, 0.4) is 0 Å². The third kappa shape index (κ3) is 4.95. The van der Waals surface area contributed by atoms with Crippen LogP contribution in [0.4, 0.5) is 17.1 Å². The maximum Gasteiger partial charge on any atom is 0.0719 e. The summed E-state index contributed by atoms with van der Waals surface area (Å²) in [5.41, 5.74) is 18.4. The van der Waals surface area contributed by atoms with Crippen LogP contribution < -0.4 is 4.90 Å². The van der Waals surface area contributed by atoms with Crippen molar-refractivity contribution in [3.05, 3.63) is 246 Å². The van der Waals surface area contributed by atoms with Crippen LogP contribution >= 0.6 is 0 Å². The van der Waals surface area contributed by atoms with E-state index in [0.29, 0.717) is 0 Å². The highest BCUT2D eigenvalue weighted by Gasteiger charge is 2.53. The van der Waals surface area contributed by atoms with Crippen molar-refractivity contribution in [1.82, 2.24) is 0 Å². The molecule has 11 rings (SSSR count). The molecule has 2 aliphatic carbocycles. The summed E-state index contributed by atoms with van der Waals surface area (Å²) in [6.45, 7) is 4.77. The van der Waals surface area contributed by atoms with Crippen molar-refractivity contribution < 1.29 is 0 Å². The molecule has 0 heterocycles. The molecule has 0 N–H and O–H groups in total. The van der Waals surface area contributed by atoms with E-state index in [1.54, 1.807) is 0 Å². The standard InChI is InChI=1S/C56H41N/c1-55(2)50-23-11-13-25-52(50)56(53-26-14-12-24-51(53)55)48-22-10-8-21-46(48)47-37-44(34-35-49(47)56)57(54-27-15-9-20-45(54)40-17-4-3-5-18-40)43-32-30-39(31-33-43)42-29-28-38-16-6-7-19-41(38)36-42/h3-37H,1-2H3. The highest BCUT2D eigenvalue weighted by Crippen LogP contribution is 2.62. The Bertz CT molecular complexity index is 2940. The zero-order chi connectivity index (χ0) is 38.1. The molecule has 0 fully saturated rings. The van der Waals surface area contributed by atoms with E-state index in [4.69, 9.17) is 0 Å². The van der Waals surface area contributed by atoms with E-state index in [9.17, 15) is 0 Å². The molecule has 0 saturated heterocycles. The van der Waals surface area contributed by atoms with Gasteiger partial charge in [-0.2, -0.15) is 0 Å². The molecule has 270 valence electrons. The second kappa shape index (κ2) is 12.8. The van der Waals surface area contributed by atoms with E-state index in [1.165, 1.54) is 77.5 Å². The minimum atomic E-state index is -0.429. The average molecular weight is 728 g/mol. The van der Waals surface area contributed by atoms with Gasteiger partial charge in [-0.25, -0.2) is 0 Å². The molecule has 1 heteroatoms. The highest BCUT2D eigenvalue weighted by molar-refractivity contribution is 5.94. The van der Waals surface area contributed by atoms with E-state index in [0.717, 1.165) is 17.1 Å². The lowest BCUT2D eigenvalue weighted by Gasteiger charge is -2.46. The number of para-hydroxylation sites is 1. The molecule has 9 aromatic carbocycles. The Hall–Kier alpha value is -6.96. The fraction of sp³-hybridized carbons (Fsp3) is 0.0714. The van der Waals surface area contributed by atoms with Gasteiger partial charge in [-0.15, -0.1) is 0 Å². The van der Waals surface area contributed by atoms with Crippen molar-refractivity contribution in [3.63, 3.8) is 0 Å². The van der Waals surface area contributed by atoms with Gasteiger partial charge in [-0.3, -0.25) is 0 Å². The minimum absolute atomic E-state index is 0.132. The molecule has 0 atom stereocenters. The van der Waals surface area contributed by atoms with Gasteiger partial charge >= 0.3 is 0 Å². The number of hydrogen-bond donors (Lipinski definition) is 0. The number of fused-ring (bicyclic) bond motifs is 10. The predicted molar refractivity (Wildman–Crippen MR) is 239 cm³/mol. The first-order chi connectivity index (χ1) is 28.0. The van der Waals surface area contributed by atoms with Crippen molar-refractivity contribution in [2.24, 2.45) is 0 Å². The fourth-order valence-corrected chi connectivity index (χ4v) is 10.1. The number of benzene rings is 9. The Kier molecular flexibility index (Phi) is 7.50. The molecule has 0 saturated carbocycles. The number of rotatable bonds is 5. The van der Waals surface area contributed by atoms with Crippen LogP contribution in [-0.4, -0.2) is 0 Å². The van der Waals surface area contributed by atoms with Crippen LogP contribution in [0.1, 0.15) is 47.2 Å². The minimum Gasteiger partial charge on any atom is -0.310 e. The van der Waals surface area contributed by atoms with E-state index < -0.39 is 5.41 Å². The molecule has 0 aliphatic heterocycles. The maximum absolute atomic E-state index is 2.45. The predicted octanol–water partition coefficient (Wildman–Crippen LogP) is 14.6. The number of anilines is 3. The topological polar surface area (TPSA) is 3.24 Å². The lowest BCUT2D eigenvalue weighted by molar-refractivity contribution is 0.563. The summed E-state index contributed by atoms with van der Waals surface area (Å²) in [5.74, 6) is 0. The summed E-state index contributed by atoms with van der Waals surface area (Å²) >= 11 is 0. The lowest BCUT2D eigenvalue weighted by atomic mass is 9.55.